The van der Waals surface area contributed by atoms with Crippen molar-refractivity contribution in [2.75, 3.05) is 7.11 Å². The molecule has 4 heteroatoms. The van der Waals surface area contributed by atoms with E-state index < -0.39 is 0 Å². The second-order valence-corrected chi connectivity index (χ2v) is 4.45. The molecular formula is C13H11Cl2NO. The third kappa shape index (κ3) is 2.38. The van der Waals surface area contributed by atoms with Crippen LogP contribution in [0.2, 0.25) is 10.0 Å². The lowest BCUT2D eigenvalue weighted by molar-refractivity contribution is 0.411. The van der Waals surface area contributed by atoms with E-state index in [1.165, 1.54) is 0 Å². The van der Waals surface area contributed by atoms with Crippen molar-refractivity contribution in [3.63, 3.8) is 0 Å². The molecule has 0 N–H and O–H groups in total. The van der Waals surface area contributed by atoms with Crippen LogP contribution in [0.3, 0.4) is 0 Å². The molecule has 0 fully saturated rings. The van der Waals surface area contributed by atoms with E-state index in [-0.39, 0.29) is 0 Å². The summed E-state index contributed by atoms with van der Waals surface area (Å²) in [6, 6.07) is 7.22. The summed E-state index contributed by atoms with van der Waals surface area (Å²) in [6.45, 7) is 1.93. The van der Waals surface area contributed by atoms with Gasteiger partial charge in [0, 0.05) is 23.4 Å². The highest BCUT2D eigenvalue weighted by Gasteiger charge is 2.11. The van der Waals surface area contributed by atoms with Crippen molar-refractivity contribution in [3.05, 3.63) is 46.1 Å². The molecular weight excluding hydrogens is 257 g/mol. The van der Waals surface area contributed by atoms with E-state index in [1.54, 1.807) is 31.5 Å². The molecule has 0 amide bonds. The first-order valence-corrected chi connectivity index (χ1v) is 5.84. The maximum Gasteiger partial charge on any atom is 0.125 e. The smallest absolute Gasteiger partial charge is 0.125 e. The predicted octanol–water partition coefficient (Wildman–Crippen LogP) is 4.37. The molecule has 0 aliphatic heterocycles. The molecule has 0 unspecified atom stereocenters. The average molecular weight is 268 g/mol. The van der Waals surface area contributed by atoms with Crippen molar-refractivity contribution in [2.24, 2.45) is 0 Å². The molecule has 1 aromatic carbocycles. The van der Waals surface area contributed by atoms with Gasteiger partial charge in [0.1, 0.15) is 5.75 Å². The molecule has 2 aromatic rings. The van der Waals surface area contributed by atoms with Crippen molar-refractivity contribution in [1.82, 2.24) is 4.98 Å². The lowest BCUT2D eigenvalue weighted by atomic mass is 10.1. The third-order valence-electron chi connectivity index (χ3n) is 2.49. The summed E-state index contributed by atoms with van der Waals surface area (Å²) < 4.78 is 5.26. The van der Waals surface area contributed by atoms with Crippen molar-refractivity contribution < 1.29 is 4.74 Å². The number of aryl methyl sites for hydroxylation is 1. The Balaban J connectivity index is 2.61. The minimum atomic E-state index is 0.580. The molecule has 0 saturated heterocycles. The zero-order valence-electron chi connectivity index (χ0n) is 9.50. The zero-order chi connectivity index (χ0) is 12.4. The first-order chi connectivity index (χ1) is 8.13. The number of methoxy groups -OCH3 is 1. The summed E-state index contributed by atoms with van der Waals surface area (Å²) in [5, 5.41) is 1.16. The normalized spacial score (nSPS) is 10.4. The van der Waals surface area contributed by atoms with Crippen LogP contribution in [0, 0.1) is 6.92 Å². The minimum Gasteiger partial charge on any atom is -0.496 e. The van der Waals surface area contributed by atoms with Crippen molar-refractivity contribution >= 4 is 23.2 Å². The quantitative estimate of drug-likeness (QED) is 0.806. The Hall–Kier alpha value is -1.25. The van der Waals surface area contributed by atoms with E-state index in [9.17, 15) is 0 Å². The van der Waals surface area contributed by atoms with Crippen LogP contribution in [0.1, 0.15) is 5.56 Å². The molecule has 1 heterocycles. The molecule has 0 spiro atoms. The van der Waals surface area contributed by atoms with Gasteiger partial charge in [-0.05, 0) is 19.1 Å². The van der Waals surface area contributed by atoms with Crippen molar-refractivity contribution in [3.8, 4) is 17.0 Å². The van der Waals surface area contributed by atoms with Crippen LogP contribution in [0.25, 0.3) is 11.3 Å². The number of nitrogens with zero attached hydrogens (tertiary/aromatic N) is 1. The molecule has 0 saturated carbocycles. The Labute approximate surface area is 110 Å². The van der Waals surface area contributed by atoms with Gasteiger partial charge in [0.25, 0.3) is 0 Å². The summed E-state index contributed by atoms with van der Waals surface area (Å²) in [6.07, 6.45) is 1.74. The number of rotatable bonds is 2. The number of hydrogen-bond acceptors (Lipinski definition) is 2. The first-order valence-electron chi connectivity index (χ1n) is 5.08. The Morgan fingerprint density at radius 2 is 1.82 bits per heavy atom. The summed E-state index contributed by atoms with van der Waals surface area (Å²) in [4.78, 5) is 4.33. The SMILES string of the molecule is COc1cc(-c2c(Cl)cccc2Cl)ncc1C. The number of ether oxygens (including phenoxy) is 1. The highest BCUT2D eigenvalue weighted by Crippen LogP contribution is 2.35. The zero-order valence-corrected chi connectivity index (χ0v) is 11.0. The van der Waals surface area contributed by atoms with Gasteiger partial charge in [-0.25, -0.2) is 0 Å². The molecule has 17 heavy (non-hydrogen) atoms. The van der Waals surface area contributed by atoms with Gasteiger partial charge < -0.3 is 4.74 Å². The lowest BCUT2D eigenvalue weighted by Crippen LogP contribution is -1.92. The molecule has 0 aliphatic carbocycles. The molecule has 0 bridgehead atoms. The Morgan fingerprint density at radius 3 is 2.41 bits per heavy atom. The topological polar surface area (TPSA) is 22.1 Å². The van der Waals surface area contributed by atoms with Crippen LogP contribution in [-0.4, -0.2) is 12.1 Å². The molecule has 0 atom stereocenters. The number of benzene rings is 1. The number of halogens is 2. The minimum absolute atomic E-state index is 0.580. The number of pyridine rings is 1. The van der Waals surface area contributed by atoms with E-state index in [2.05, 4.69) is 4.98 Å². The largest absolute Gasteiger partial charge is 0.496 e. The van der Waals surface area contributed by atoms with Gasteiger partial charge in [0.2, 0.25) is 0 Å². The number of aromatic nitrogens is 1. The van der Waals surface area contributed by atoms with Gasteiger partial charge in [-0.1, -0.05) is 29.3 Å². The van der Waals surface area contributed by atoms with E-state index in [4.69, 9.17) is 27.9 Å². The third-order valence-corrected chi connectivity index (χ3v) is 3.12. The fraction of sp³-hybridized carbons (Fsp3) is 0.154. The lowest BCUT2D eigenvalue weighted by Gasteiger charge is -2.09. The molecule has 2 nitrogen and oxygen atoms in total. The molecule has 2 rings (SSSR count). The molecule has 88 valence electrons. The average Bonchev–Trinajstić information content (AvgIpc) is 2.31. The fourth-order valence-electron chi connectivity index (χ4n) is 1.60. The van der Waals surface area contributed by atoms with Crippen LogP contribution in [0.4, 0.5) is 0 Å². The van der Waals surface area contributed by atoms with E-state index in [1.807, 2.05) is 13.0 Å². The Bertz CT molecular complexity index is 535. The van der Waals surface area contributed by atoms with Gasteiger partial charge in [0.15, 0.2) is 0 Å². The monoisotopic (exact) mass is 267 g/mol. The van der Waals surface area contributed by atoms with Crippen LogP contribution in [-0.2, 0) is 0 Å². The van der Waals surface area contributed by atoms with E-state index in [0.29, 0.717) is 15.7 Å². The van der Waals surface area contributed by atoms with E-state index in [0.717, 1.165) is 16.9 Å². The van der Waals surface area contributed by atoms with Gasteiger partial charge in [-0.2, -0.15) is 0 Å². The second kappa shape index (κ2) is 4.94. The summed E-state index contributed by atoms with van der Waals surface area (Å²) >= 11 is 12.3. The van der Waals surface area contributed by atoms with Crippen LogP contribution in [0.15, 0.2) is 30.5 Å². The summed E-state index contributed by atoms with van der Waals surface area (Å²) in [5.74, 6) is 0.769. The van der Waals surface area contributed by atoms with Gasteiger partial charge in [-0.3, -0.25) is 4.98 Å². The van der Waals surface area contributed by atoms with E-state index >= 15 is 0 Å². The second-order valence-electron chi connectivity index (χ2n) is 3.64. The van der Waals surface area contributed by atoms with Crippen molar-refractivity contribution in [1.29, 1.82) is 0 Å². The summed E-state index contributed by atoms with van der Waals surface area (Å²) in [5.41, 5.74) is 2.41. The van der Waals surface area contributed by atoms with Gasteiger partial charge >= 0.3 is 0 Å². The molecule has 0 radical (unpaired) electrons. The maximum atomic E-state index is 6.13. The summed E-state index contributed by atoms with van der Waals surface area (Å²) in [7, 11) is 1.63. The van der Waals surface area contributed by atoms with Crippen LogP contribution in [0.5, 0.6) is 5.75 Å². The molecule has 1 aromatic heterocycles. The maximum absolute atomic E-state index is 6.13. The Morgan fingerprint density at radius 1 is 1.18 bits per heavy atom. The highest BCUT2D eigenvalue weighted by molar-refractivity contribution is 6.39. The van der Waals surface area contributed by atoms with Gasteiger partial charge in [0.05, 0.1) is 22.8 Å². The number of hydrogen-bond donors (Lipinski definition) is 0. The highest BCUT2D eigenvalue weighted by atomic mass is 35.5. The predicted molar refractivity (Wildman–Crippen MR) is 71.0 cm³/mol. The first kappa shape index (κ1) is 12.2. The molecule has 0 aliphatic rings. The van der Waals surface area contributed by atoms with Crippen LogP contribution < -0.4 is 4.74 Å². The van der Waals surface area contributed by atoms with Crippen molar-refractivity contribution in [2.45, 2.75) is 6.92 Å². The fourth-order valence-corrected chi connectivity index (χ4v) is 2.20. The van der Waals surface area contributed by atoms with Gasteiger partial charge in [-0.15, -0.1) is 0 Å². The Kier molecular flexibility index (Phi) is 3.55. The standard InChI is InChI=1S/C13H11Cl2NO/c1-8-7-16-11(6-12(8)17-2)13-9(14)4-3-5-10(13)15/h3-7H,1-2H3. The van der Waals surface area contributed by atoms with Crippen LogP contribution >= 0.6 is 23.2 Å².